The molecule has 3 rings (SSSR count). The molecule has 0 amide bonds. The van der Waals surface area contributed by atoms with Gasteiger partial charge in [-0.2, -0.15) is 0 Å². The van der Waals surface area contributed by atoms with E-state index in [1.807, 2.05) is 6.07 Å². The summed E-state index contributed by atoms with van der Waals surface area (Å²) in [6.07, 6.45) is 0. The lowest BCUT2D eigenvalue weighted by Crippen LogP contribution is -2.16. The lowest BCUT2D eigenvalue weighted by atomic mass is 10.1. The molecule has 0 aliphatic carbocycles. The molecule has 110 valence electrons. The number of anilines is 3. The van der Waals surface area contributed by atoms with Gasteiger partial charge in [-0.1, -0.05) is 15.9 Å². The van der Waals surface area contributed by atoms with E-state index in [4.69, 9.17) is 15.2 Å². The Hall–Kier alpha value is -1.88. The number of ether oxygens (including phenoxy) is 2. The molecule has 0 atom stereocenters. The van der Waals surface area contributed by atoms with Gasteiger partial charge in [-0.3, -0.25) is 0 Å². The largest absolute Gasteiger partial charge is 0.486 e. The molecular weight excluding hydrogens is 332 g/mol. The lowest BCUT2D eigenvalue weighted by Gasteiger charge is -2.21. The highest BCUT2D eigenvalue weighted by Crippen LogP contribution is 2.39. The third kappa shape index (κ3) is 2.78. The van der Waals surface area contributed by atoms with Gasteiger partial charge in [0.15, 0.2) is 11.5 Å². The summed E-state index contributed by atoms with van der Waals surface area (Å²) < 4.78 is 12.2. The molecule has 0 unspecified atom stereocenters. The normalized spacial score (nSPS) is 13.1. The number of benzene rings is 2. The van der Waals surface area contributed by atoms with E-state index in [-0.39, 0.29) is 0 Å². The Morgan fingerprint density at radius 2 is 1.57 bits per heavy atom. The van der Waals surface area contributed by atoms with E-state index in [1.54, 1.807) is 6.07 Å². The molecule has 1 heterocycles. The third-order valence-electron chi connectivity index (χ3n) is 3.47. The fraction of sp³-hybridized carbons (Fsp3) is 0.250. The van der Waals surface area contributed by atoms with Crippen LogP contribution >= 0.6 is 15.9 Å². The van der Waals surface area contributed by atoms with Crippen molar-refractivity contribution in [1.29, 1.82) is 0 Å². The average Bonchev–Trinajstić information content (AvgIpc) is 2.43. The van der Waals surface area contributed by atoms with Crippen molar-refractivity contribution in [2.75, 3.05) is 24.3 Å². The number of nitrogens with two attached hydrogens (primary N) is 1. The van der Waals surface area contributed by atoms with Crippen molar-refractivity contribution in [3.63, 3.8) is 0 Å². The lowest BCUT2D eigenvalue weighted by molar-refractivity contribution is 0.172. The quantitative estimate of drug-likeness (QED) is 0.800. The summed E-state index contributed by atoms with van der Waals surface area (Å²) in [5.74, 6) is 1.43. The second-order valence-corrected chi connectivity index (χ2v) is 6.04. The summed E-state index contributed by atoms with van der Waals surface area (Å²) in [6.45, 7) is 5.25. The van der Waals surface area contributed by atoms with Gasteiger partial charge in [-0.25, -0.2) is 0 Å². The zero-order valence-electron chi connectivity index (χ0n) is 12.0. The van der Waals surface area contributed by atoms with Crippen molar-refractivity contribution in [2.24, 2.45) is 0 Å². The summed E-state index contributed by atoms with van der Waals surface area (Å²) in [5.41, 5.74) is 10.9. The Balaban J connectivity index is 1.99. The minimum Gasteiger partial charge on any atom is -0.486 e. The van der Waals surface area contributed by atoms with Crippen LogP contribution in [-0.4, -0.2) is 13.2 Å². The Morgan fingerprint density at radius 3 is 2.19 bits per heavy atom. The molecule has 0 aromatic heterocycles. The molecule has 21 heavy (non-hydrogen) atoms. The highest BCUT2D eigenvalue weighted by Gasteiger charge is 2.15. The molecule has 0 saturated heterocycles. The maximum absolute atomic E-state index is 6.12. The first-order valence-corrected chi connectivity index (χ1v) is 7.57. The predicted octanol–water partition coefficient (Wildman–Crippen LogP) is 4.16. The Bertz CT molecular complexity index is 678. The minimum atomic E-state index is 0.560. The van der Waals surface area contributed by atoms with Crippen LogP contribution in [0.1, 0.15) is 11.1 Å². The number of hydrogen-bond acceptors (Lipinski definition) is 4. The first kappa shape index (κ1) is 14.1. The van der Waals surface area contributed by atoms with Gasteiger partial charge >= 0.3 is 0 Å². The molecule has 4 nitrogen and oxygen atoms in total. The topological polar surface area (TPSA) is 56.5 Å². The van der Waals surface area contributed by atoms with Gasteiger partial charge in [0, 0.05) is 22.3 Å². The van der Waals surface area contributed by atoms with Gasteiger partial charge in [-0.05, 0) is 37.1 Å². The van der Waals surface area contributed by atoms with Crippen molar-refractivity contribution in [1.82, 2.24) is 0 Å². The van der Waals surface area contributed by atoms with Gasteiger partial charge in [0.1, 0.15) is 13.2 Å². The number of hydrogen-bond donors (Lipinski definition) is 2. The van der Waals surface area contributed by atoms with E-state index in [2.05, 4.69) is 47.2 Å². The zero-order chi connectivity index (χ0) is 15.0. The van der Waals surface area contributed by atoms with Crippen LogP contribution in [0.4, 0.5) is 17.1 Å². The number of nitrogen functional groups attached to an aromatic ring is 1. The smallest absolute Gasteiger partial charge is 0.163 e. The summed E-state index contributed by atoms with van der Waals surface area (Å²) in [7, 11) is 0. The number of fused-ring (bicyclic) bond motifs is 1. The molecule has 0 fully saturated rings. The molecule has 1 aliphatic rings. The summed E-state index contributed by atoms with van der Waals surface area (Å²) in [5, 5.41) is 3.40. The van der Waals surface area contributed by atoms with Gasteiger partial charge < -0.3 is 20.5 Å². The maximum Gasteiger partial charge on any atom is 0.163 e. The minimum absolute atomic E-state index is 0.560. The Labute approximate surface area is 132 Å². The average molecular weight is 349 g/mol. The van der Waals surface area contributed by atoms with Crippen LogP contribution < -0.4 is 20.5 Å². The van der Waals surface area contributed by atoms with Gasteiger partial charge in [0.25, 0.3) is 0 Å². The second-order valence-electron chi connectivity index (χ2n) is 5.12. The van der Waals surface area contributed by atoms with Gasteiger partial charge in [-0.15, -0.1) is 0 Å². The van der Waals surface area contributed by atoms with Crippen molar-refractivity contribution >= 4 is 33.0 Å². The number of rotatable bonds is 2. The molecule has 0 spiro atoms. The van der Waals surface area contributed by atoms with Crippen LogP contribution in [0.5, 0.6) is 11.5 Å². The first-order chi connectivity index (χ1) is 10.0. The predicted molar refractivity (Wildman–Crippen MR) is 88.7 cm³/mol. The van der Waals surface area contributed by atoms with Crippen molar-refractivity contribution in [3.05, 3.63) is 39.9 Å². The van der Waals surface area contributed by atoms with E-state index in [0.29, 0.717) is 24.7 Å². The van der Waals surface area contributed by atoms with Gasteiger partial charge in [0.2, 0.25) is 0 Å². The monoisotopic (exact) mass is 348 g/mol. The second kappa shape index (κ2) is 5.48. The molecule has 0 bridgehead atoms. The first-order valence-electron chi connectivity index (χ1n) is 6.77. The fourth-order valence-corrected chi connectivity index (χ4v) is 3.14. The van der Waals surface area contributed by atoms with Crippen LogP contribution in [0.25, 0.3) is 0 Å². The Kier molecular flexibility index (Phi) is 3.68. The van der Waals surface area contributed by atoms with Crippen LogP contribution in [0.3, 0.4) is 0 Å². The molecule has 3 N–H and O–H groups in total. The molecule has 5 heteroatoms. The molecule has 0 saturated carbocycles. The van der Waals surface area contributed by atoms with Gasteiger partial charge in [0.05, 0.1) is 11.4 Å². The summed E-state index contributed by atoms with van der Waals surface area (Å²) in [4.78, 5) is 0. The maximum atomic E-state index is 6.12. The Morgan fingerprint density at radius 1 is 1.00 bits per heavy atom. The van der Waals surface area contributed by atoms with Crippen LogP contribution in [0.15, 0.2) is 28.7 Å². The van der Waals surface area contributed by atoms with Crippen LogP contribution in [0.2, 0.25) is 0 Å². The fourth-order valence-electron chi connectivity index (χ4n) is 2.46. The molecular formula is C16H17BrN2O2. The SMILES string of the molecule is Cc1cc(Br)cc(C)c1Nc1cc2c(cc1N)OCCO2. The highest BCUT2D eigenvalue weighted by molar-refractivity contribution is 9.10. The van der Waals surface area contributed by atoms with Crippen molar-refractivity contribution in [2.45, 2.75) is 13.8 Å². The zero-order valence-corrected chi connectivity index (χ0v) is 13.6. The van der Waals surface area contributed by atoms with Crippen LogP contribution in [-0.2, 0) is 0 Å². The molecule has 2 aromatic carbocycles. The summed E-state index contributed by atoms with van der Waals surface area (Å²) >= 11 is 3.51. The van der Waals surface area contributed by atoms with E-state index < -0.39 is 0 Å². The molecule has 2 aromatic rings. The standard InChI is InChI=1S/C16H17BrN2O2/c1-9-5-11(17)6-10(2)16(9)19-13-8-15-14(7-12(13)18)20-3-4-21-15/h5-8,19H,3-4,18H2,1-2H3. The third-order valence-corrected chi connectivity index (χ3v) is 3.93. The van der Waals surface area contributed by atoms with Crippen LogP contribution in [0, 0.1) is 13.8 Å². The van der Waals surface area contributed by atoms with E-state index in [1.165, 1.54) is 0 Å². The van der Waals surface area contributed by atoms with Crippen molar-refractivity contribution in [3.8, 4) is 11.5 Å². The number of halogens is 1. The van der Waals surface area contributed by atoms with E-state index in [9.17, 15) is 0 Å². The highest BCUT2D eigenvalue weighted by atomic mass is 79.9. The summed E-state index contributed by atoms with van der Waals surface area (Å²) in [6, 6.07) is 7.85. The number of nitrogens with one attached hydrogen (secondary N) is 1. The van der Waals surface area contributed by atoms with Crippen molar-refractivity contribution < 1.29 is 9.47 Å². The molecule has 0 radical (unpaired) electrons. The van der Waals surface area contributed by atoms with E-state index in [0.717, 1.165) is 32.7 Å². The van der Waals surface area contributed by atoms with E-state index >= 15 is 0 Å². The molecule has 1 aliphatic heterocycles. The number of aryl methyl sites for hydroxylation is 2.